The predicted octanol–water partition coefficient (Wildman–Crippen LogP) is 3.20. The lowest BCUT2D eigenvalue weighted by atomic mass is 10.00. The van der Waals surface area contributed by atoms with Crippen molar-refractivity contribution in [3.8, 4) is 0 Å². The van der Waals surface area contributed by atoms with Gasteiger partial charge in [-0.2, -0.15) is 0 Å². The Hall–Kier alpha value is -1.59. The van der Waals surface area contributed by atoms with Gasteiger partial charge < -0.3 is 5.73 Å². The van der Waals surface area contributed by atoms with E-state index in [1.807, 2.05) is 0 Å². The Bertz CT molecular complexity index is 590. The van der Waals surface area contributed by atoms with Crippen LogP contribution in [0.2, 0.25) is 5.02 Å². The highest BCUT2D eigenvalue weighted by molar-refractivity contribution is 6.31. The van der Waals surface area contributed by atoms with Crippen LogP contribution in [-0.2, 0) is 0 Å². The Morgan fingerprint density at radius 2 is 1.78 bits per heavy atom. The molecule has 0 bridgehead atoms. The molecule has 0 aliphatic carbocycles. The van der Waals surface area contributed by atoms with E-state index >= 15 is 0 Å². The molecule has 1 atom stereocenters. The zero-order chi connectivity index (χ0) is 13.3. The van der Waals surface area contributed by atoms with Crippen LogP contribution in [0, 0.1) is 17.5 Å². The van der Waals surface area contributed by atoms with Crippen molar-refractivity contribution in [2.24, 2.45) is 5.73 Å². The van der Waals surface area contributed by atoms with E-state index in [1.165, 1.54) is 18.5 Å². The third kappa shape index (κ3) is 2.19. The molecule has 6 heteroatoms. The lowest BCUT2D eigenvalue weighted by Crippen LogP contribution is -2.15. The maximum atomic E-state index is 13.6. The minimum atomic E-state index is -1.55. The minimum Gasteiger partial charge on any atom is -0.320 e. The summed E-state index contributed by atoms with van der Waals surface area (Å²) in [7, 11) is 0. The number of hydrogen-bond donors (Lipinski definition) is 1. The Kier molecular flexibility index (Phi) is 3.54. The molecule has 0 aliphatic heterocycles. The lowest BCUT2D eigenvalue weighted by Gasteiger charge is -2.15. The Morgan fingerprint density at radius 3 is 2.44 bits per heavy atom. The van der Waals surface area contributed by atoms with Crippen LogP contribution < -0.4 is 5.73 Å². The number of hydrogen-bond acceptors (Lipinski definition) is 2. The summed E-state index contributed by atoms with van der Waals surface area (Å²) in [4.78, 5) is 3.76. The first-order valence-electron chi connectivity index (χ1n) is 5.00. The number of benzene rings is 1. The van der Waals surface area contributed by atoms with Gasteiger partial charge in [0.05, 0.1) is 11.1 Å². The molecule has 1 unspecified atom stereocenters. The molecule has 18 heavy (non-hydrogen) atoms. The van der Waals surface area contributed by atoms with Gasteiger partial charge in [-0.3, -0.25) is 4.98 Å². The molecule has 2 nitrogen and oxygen atoms in total. The fraction of sp³-hybridized carbons (Fsp3) is 0.0833. The summed E-state index contributed by atoms with van der Waals surface area (Å²) in [5.74, 6) is -4.12. The van der Waals surface area contributed by atoms with Gasteiger partial charge in [-0.25, -0.2) is 13.2 Å². The molecule has 2 N–H and O–H groups in total. The standard InChI is InChI=1S/C12H8ClF3N2/c13-8-5-18-4-3-6(8)12(17)7-1-2-9(14)11(16)10(7)15/h1-5,12H,17H2. The van der Waals surface area contributed by atoms with Crippen molar-refractivity contribution >= 4 is 11.6 Å². The average molecular weight is 273 g/mol. The summed E-state index contributed by atoms with van der Waals surface area (Å²) < 4.78 is 39.5. The fourth-order valence-corrected chi connectivity index (χ4v) is 1.82. The van der Waals surface area contributed by atoms with Gasteiger partial charge in [-0.15, -0.1) is 0 Å². The van der Waals surface area contributed by atoms with Crippen molar-refractivity contribution in [1.29, 1.82) is 0 Å². The molecule has 0 radical (unpaired) electrons. The van der Waals surface area contributed by atoms with E-state index in [2.05, 4.69) is 4.98 Å². The topological polar surface area (TPSA) is 38.9 Å². The van der Waals surface area contributed by atoms with Gasteiger partial charge in [-0.1, -0.05) is 17.7 Å². The molecule has 0 amide bonds. The predicted molar refractivity (Wildman–Crippen MR) is 61.6 cm³/mol. The van der Waals surface area contributed by atoms with Crippen LogP contribution in [0.4, 0.5) is 13.2 Å². The van der Waals surface area contributed by atoms with Crippen LogP contribution in [0.5, 0.6) is 0 Å². The number of nitrogens with zero attached hydrogens (tertiary/aromatic N) is 1. The monoisotopic (exact) mass is 272 g/mol. The molecule has 0 spiro atoms. The van der Waals surface area contributed by atoms with E-state index in [0.29, 0.717) is 5.56 Å². The van der Waals surface area contributed by atoms with Crippen molar-refractivity contribution in [1.82, 2.24) is 4.98 Å². The van der Waals surface area contributed by atoms with Crippen molar-refractivity contribution in [3.05, 3.63) is 64.2 Å². The highest BCUT2D eigenvalue weighted by Crippen LogP contribution is 2.28. The Morgan fingerprint density at radius 1 is 1.06 bits per heavy atom. The van der Waals surface area contributed by atoms with Crippen LogP contribution in [0.3, 0.4) is 0 Å². The first-order valence-corrected chi connectivity index (χ1v) is 5.38. The number of halogens is 4. The molecule has 1 aromatic carbocycles. The molecule has 94 valence electrons. The third-order valence-corrected chi connectivity index (χ3v) is 2.85. The van der Waals surface area contributed by atoms with Gasteiger partial charge in [0, 0.05) is 18.0 Å². The number of aromatic nitrogens is 1. The van der Waals surface area contributed by atoms with Gasteiger partial charge in [0.15, 0.2) is 17.5 Å². The first kappa shape index (κ1) is 12.9. The molecule has 0 saturated carbocycles. The first-order chi connectivity index (χ1) is 8.52. The van der Waals surface area contributed by atoms with Crippen molar-refractivity contribution < 1.29 is 13.2 Å². The maximum Gasteiger partial charge on any atom is 0.194 e. The molecule has 1 aromatic heterocycles. The molecule has 1 heterocycles. The van der Waals surface area contributed by atoms with E-state index in [4.69, 9.17) is 17.3 Å². The second-order valence-corrected chi connectivity index (χ2v) is 4.05. The summed E-state index contributed by atoms with van der Waals surface area (Å²) in [6.45, 7) is 0. The van der Waals surface area contributed by atoms with Crippen LogP contribution in [0.15, 0.2) is 30.6 Å². The summed E-state index contributed by atoms with van der Waals surface area (Å²) in [5, 5.41) is 0.231. The zero-order valence-corrected chi connectivity index (χ0v) is 9.76. The molecular formula is C12H8ClF3N2. The van der Waals surface area contributed by atoms with Gasteiger partial charge >= 0.3 is 0 Å². The summed E-state index contributed by atoms with van der Waals surface area (Å²) in [5.41, 5.74) is 6.02. The van der Waals surface area contributed by atoms with Crippen LogP contribution in [0.25, 0.3) is 0 Å². The van der Waals surface area contributed by atoms with E-state index in [1.54, 1.807) is 0 Å². The maximum absolute atomic E-state index is 13.6. The average Bonchev–Trinajstić information content (AvgIpc) is 2.36. The Balaban J connectivity index is 2.50. The van der Waals surface area contributed by atoms with Crippen LogP contribution in [-0.4, -0.2) is 4.98 Å². The van der Waals surface area contributed by atoms with Crippen molar-refractivity contribution in [3.63, 3.8) is 0 Å². The largest absolute Gasteiger partial charge is 0.320 e. The second kappa shape index (κ2) is 4.96. The van der Waals surface area contributed by atoms with Crippen LogP contribution in [0.1, 0.15) is 17.2 Å². The van der Waals surface area contributed by atoms with Crippen LogP contribution >= 0.6 is 11.6 Å². The molecule has 2 aromatic rings. The highest BCUT2D eigenvalue weighted by atomic mass is 35.5. The van der Waals surface area contributed by atoms with E-state index < -0.39 is 23.5 Å². The quantitative estimate of drug-likeness (QED) is 0.853. The van der Waals surface area contributed by atoms with Gasteiger partial charge in [0.25, 0.3) is 0 Å². The Labute approximate surface area is 106 Å². The summed E-state index contributed by atoms with van der Waals surface area (Å²) in [6.07, 6.45) is 2.77. The van der Waals surface area contributed by atoms with E-state index in [9.17, 15) is 13.2 Å². The van der Waals surface area contributed by atoms with E-state index in [0.717, 1.165) is 12.1 Å². The normalized spacial score (nSPS) is 12.5. The summed E-state index contributed by atoms with van der Waals surface area (Å²) in [6, 6.07) is 2.42. The van der Waals surface area contributed by atoms with Gasteiger partial charge in [-0.05, 0) is 17.7 Å². The smallest absolute Gasteiger partial charge is 0.194 e. The zero-order valence-electron chi connectivity index (χ0n) is 9.00. The number of rotatable bonds is 2. The number of nitrogens with two attached hydrogens (primary N) is 1. The number of pyridine rings is 1. The summed E-state index contributed by atoms with van der Waals surface area (Å²) >= 11 is 5.86. The molecule has 2 rings (SSSR count). The molecule has 0 fully saturated rings. The minimum absolute atomic E-state index is 0.165. The fourth-order valence-electron chi connectivity index (χ4n) is 1.59. The lowest BCUT2D eigenvalue weighted by molar-refractivity contribution is 0.438. The second-order valence-electron chi connectivity index (χ2n) is 3.64. The highest BCUT2D eigenvalue weighted by Gasteiger charge is 2.20. The SMILES string of the molecule is NC(c1ccncc1Cl)c1ccc(F)c(F)c1F. The van der Waals surface area contributed by atoms with E-state index in [-0.39, 0.29) is 10.6 Å². The van der Waals surface area contributed by atoms with Gasteiger partial charge in [0.2, 0.25) is 0 Å². The molecule has 0 saturated heterocycles. The molecule has 0 aliphatic rings. The van der Waals surface area contributed by atoms with Crippen molar-refractivity contribution in [2.75, 3.05) is 0 Å². The van der Waals surface area contributed by atoms with Crippen molar-refractivity contribution in [2.45, 2.75) is 6.04 Å². The molecular weight excluding hydrogens is 265 g/mol. The third-order valence-electron chi connectivity index (χ3n) is 2.54. The van der Waals surface area contributed by atoms with Gasteiger partial charge in [0.1, 0.15) is 0 Å².